The quantitative estimate of drug-likeness (QED) is 0.414. The zero-order chi connectivity index (χ0) is 28.3. The molecule has 8 nitrogen and oxygen atoms in total. The van der Waals surface area contributed by atoms with Crippen molar-refractivity contribution in [1.29, 1.82) is 0 Å². The van der Waals surface area contributed by atoms with E-state index in [0.717, 1.165) is 15.7 Å². The molecule has 0 amide bonds. The molecule has 0 spiro atoms. The molecule has 6 atom stereocenters. The van der Waals surface area contributed by atoms with Crippen LogP contribution in [0.3, 0.4) is 0 Å². The summed E-state index contributed by atoms with van der Waals surface area (Å²) >= 11 is 3.61. The molecule has 1 unspecified atom stereocenters. The van der Waals surface area contributed by atoms with Gasteiger partial charge in [-0.15, -0.1) is 0 Å². The number of aryl methyl sites for hydroxylation is 1. The van der Waals surface area contributed by atoms with Crippen molar-refractivity contribution in [2.24, 2.45) is 18.4 Å². The summed E-state index contributed by atoms with van der Waals surface area (Å²) in [7, 11) is 5.52. The number of aliphatic hydroxyl groups excluding tert-OH is 1. The van der Waals surface area contributed by atoms with Crippen LogP contribution in [0.2, 0.25) is 0 Å². The van der Waals surface area contributed by atoms with Gasteiger partial charge in [0, 0.05) is 48.1 Å². The smallest absolute Gasteiger partial charge is 0.164 e. The van der Waals surface area contributed by atoms with Crippen LogP contribution in [0.15, 0.2) is 77.7 Å². The average molecular weight is 608 g/mol. The highest BCUT2D eigenvalue weighted by Gasteiger charge is 2.80. The summed E-state index contributed by atoms with van der Waals surface area (Å²) in [5.74, 6) is 0.0828. The third-order valence-electron chi connectivity index (χ3n) is 9.23. The third kappa shape index (κ3) is 3.75. The first-order valence-corrected chi connectivity index (χ1v) is 14.3. The lowest BCUT2D eigenvalue weighted by atomic mass is 9.58. The van der Waals surface area contributed by atoms with Crippen molar-refractivity contribution in [3.63, 3.8) is 0 Å². The summed E-state index contributed by atoms with van der Waals surface area (Å²) in [6, 6.07) is 12.1. The van der Waals surface area contributed by atoms with Crippen LogP contribution in [0, 0.1) is 11.3 Å². The number of methoxy groups -OCH3 is 1. The van der Waals surface area contributed by atoms with E-state index in [9.17, 15) is 10.2 Å². The molecule has 9 heteroatoms. The third-order valence-corrected chi connectivity index (χ3v) is 9.82. The van der Waals surface area contributed by atoms with Gasteiger partial charge in [-0.3, -0.25) is 9.67 Å². The van der Waals surface area contributed by atoms with Gasteiger partial charge in [0.15, 0.2) is 11.2 Å². The highest BCUT2D eigenvalue weighted by molar-refractivity contribution is 9.11. The molecule has 1 saturated carbocycles. The number of halogens is 1. The fourth-order valence-corrected chi connectivity index (χ4v) is 7.72. The standard InChI is InChI=1S/C31H35BrN4O4/c1-29(13-10-21(32)11-14-29)31-26(20-8-6-5-7-9-20)23(19-35(2)18-22-12-15-34-36(22)3)28(37)30(31,38)27-24(39-4)16-33-17-25(27)40-31/h5-13,15-17,23,26,28,37-38H,14,18-19H2,1-4H3/t23-,26-,28-,29?,30+,31-/m1/s1. The molecule has 0 bridgehead atoms. The lowest BCUT2D eigenvalue weighted by Gasteiger charge is -2.51. The van der Waals surface area contributed by atoms with Gasteiger partial charge in [0.05, 0.1) is 36.9 Å². The largest absolute Gasteiger partial charge is 0.495 e. The lowest BCUT2D eigenvalue weighted by molar-refractivity contribution is -0.185. The van der Waals surface area contributed by atoms with Crippen LogP contribution in [0.1, 0.15) is 36.1 Å². The molecule has 1 aromatic carbocycles. The highest BCUT2D eigenvalue weighted by Crippen LogP contribution is 2.71. The van der Waals surface area contributed by atoms with E-state index >= 15 is 0 Å². The molecular weight excluding hydrogens is 572 g/mol. The van der Waals surface area contributed by atoms with E-state index in [1.165, 1.54) is 0 Å². The normalized spacial score (nSPS) is 32.5. The van der Waals surface area contributed by atoms with Gasteiger partial charge in [-0.25, -0.2) is 0 Å². The van der Waals surface area contributed by atoms with Gasteiger partial charge >= 0.3 is 0 Å². The van der Waals surface area contributed by atoms with Gasteiger partial charge < -0.3 is 24.6 Å². The molecule has 6 rings (SSSR count). The molecule has 1 aliphatic heterocycles. The number of hydrogen-bond acceptors (Lipinski definition) is 7. The SMILES string of the molecule is COc1cncc2c1[C@]1(O)[C@H](O)[C@H](CN(C)Cc3ccnn3C)[C@@H](c3ccccc3)[C@]1(C1(C)C=CC(Br)=CC1)O2. The Bertz CT molecular complexity index is 1470. The molecule has 2 N–H and O–H groups in total. The van der Waals surface area contributed by atoms with E-state index in [0.29, 0.717) is 36.6 Å². The summed E-state index contributed by atoms with van der Waals surface area (Å²) in [6.07, 6.45) is 10.7. The number of hydrogen-bond donors (Lipinski definition) is 2. The Morgan fingerprint density at radius 2 is 2.00 bits per heavy atom. The van der Waals surface area contributed by atoms with Crippen molar-refractivity contribution < 1.29 is 19.7 Å². The molecule has 2 aliphatic carbocycles. The summed E-state index contributed by atoms with van der Waals surface area (Å²) in [6.45, 7) is 3.27. The van der Waals surface area contributed by atoms with Crippen molar-refractivity contribution in [2.45, 2.75) is 43.1 Å². The van der Waals surface area contributed by atoms with Crippen molar-refractivity contribution in [3.8, 4) is 11.5 Å². The second-order valence-electron chi connectivity index (χ2n) is 11.5. The van der Waals surface area contributed by atoms with Crippen LogP contribution in [0.25, 0.3) is 0 Å². The number of aromatic nitrogens is 3. The molecule has 0 radical (unpaired) electrons. The van der Waals surface area contributed by atoms with Crippen LogP contribution >= 0.6 is 15.9 Å². The number of pyridine rings is 1. The van der Waals surface area contributed by atoms with Crippen molar-refractivity contribution >= 4 is 15.9 Å². The van der Waals surface area contributed by atoms with Crippen molar-refractivity contribution in [2.75, 3.05) is 20.7 Å². The minimum Gasteiger partial charge on any atom is -0.495 e. The molecular formula is C31H35BrN4O4. The first-order valence-electron chi connectivity index (χ1n) is 13.5. The maximum atomic E-state index is 13.1. The molecule has 3 aromatic rings. The van der Waals surface area contributed by atoms with Gasteiger partial charge in [0.1, 0.15) is 11.5 Å². The van der Waals surface area contributed by atoms with E-state index in [-0.39, 0.29) is 11.8 Å². The second kappa shape index (κ2) is 9.83. The minimum atomic E-state index is -1.79. The van der Waals surface area contributed by atoms with Gasteiger partial charge in [-0.05, 0) is 25.1 Å². The molecule has 0 saturated heterocycles. The zero-order valence-electron chi connectivity index (χ0n) is 23.2. The Morgan fingerprint density at radius 1 is 1.23 bits per heavy atom. The van der Waals surface area contributed by atoms with Crippen LogP contribution in [-0.2, 0) is 19.2 Å². The number of fused-ring (bicyclic) bond motifs is 3. The maximum Gasteiger partial charge on any atom is 0.164 e. The number of nitrogens with zero attached hydrogens (tertiary/aromatic N) is 4. The van der Waals surface area contributed by atoms with Crippen LogP contribution < -0.4 is 9.47 Å². The van der Waals surface area contributed by atoms with E-state index in [1.807, 2.05) is 49.1 Å². The van der Waals surface area contributed by atoms with E-state index in [1.54, 1.807) is 25.7 Å². The second-order valence-corrected chi connectivity index (χ2v) is 12.4. The number of benzene rings is 1. The molecule has 3 aliphatic rings. The molecule has 1 fully saturated rings. The van der Waals surface area contributed by atoms with E-state index in [4.69, 9.17) is 9.47 Å². The minimum absolute atomic E-state index is 0.375. The van der Waals surface area contributed by atoms with E-state index in [2.05, 4.69) is 62.1 Å². The summed E-state index contributed by atoms with van der Waals surface area (Å²) in [5.41, 5.74) is -1.23. The van der Waals surface area contributed by atoms with Gasteiger partial charge in [0.2, 0.25) is 0 Å². The Labute approximate surface area is 243 Å². The summed E-state index contributed by atoms with van der Waals surface area (Å²) < 4.78 is 15.6. The zero-order valence-corrected chi connectivity index (χ0v) is 24.7. The number of ether oxygens (including phenoxy) is 2. The van der Waals surface area contributed by atoms with Crippen molar-refractivity contribution in [1.82, 2.24) is 19.7 Å². The molecule has 2 aromatic heterocycles. The first-order chi connectivity index (χ1) is 19.2. The van der Waals surface area contributed by atoms with Crippen LogP contribution in [0.4, 0.5) is 0 Å². The Balaban J connectivity index is 1.56. The number of allylic oxidation sites excluding steroid dienone is 3. The monoisotopic (exact) mass is 606 g/mol. The summed E-state index contributed by atoms with van der Waals surface area (Å²) in [4.78, 5) is 6.52. The predicted molar refractivity (Wildman–Crippen MR) is 155 cm³/mol. The van der Waals surface area contributed by atoms with E-state index < -0.39 is 22.7 Å². The Morgan fingerprint density at radius 3 is 2.65 bits per heavy atom. The summed E-state index contributed by atoms with van der Waals surface area (Å²) in [5, 5.41) is 29.9. The fourth-order valence-electron chi connectivity index (χ4n) is 7.43. The van der Waals surface area contributed by atoms with Gasteiger partial charge in [-0.2, -0.15) is 5.10 Å². The van der Waals surface area contributed by atoms with Crippen LogP contribution in [0.5, 0.6) is 11.5 Å². The topological polar surface area (TPSA) is 92.9 Å². The Hall–Kier alpha value is -2.98. The molecule has 3 heterocycles. The van der Waals surface area contributed by atoms with Gasteiger partial charge in [0.25, 0.3) is 0 Å². The predicted octanol–water partition coefficient (Wildman–Crippen LogP) is 4.29. The van der Waals surface area contributed by atoms with Gasteiger partial charge in [-0.1, -0.05) is 71.4 Å². The number of aliphatic hydroxyl groups is 2. The van der Waals surface area contributed by atoms with Crippen LogP contribution in [-0.4, -0.2) is 62.3 Å². The molecule has 210 valence electrons. The van der Waals surface area contributed by atoms with Crippen molar-refractivity contribution in [3.05, 3.63) is 94.5 Å². The first kappa shape index (κ1) is 27.2. The number of rotatable bonds is 7. The fraction of sp³-hybridized carbons (Fsp3) is 0.419. The Kier molecular flexibility index (Phi) is 6.69. The maximum absolute atomic E-state index is 13.1. The highest BCUT2D eigenvalue weighted by atomic mass is 79.9. The lowest BCUT2D eigenvalue weighted by Crippen LogP contribution is -2.63. The average Bonchev–Trinajstić information content (AvgIpc) is 3.54. The molecule has 40 heavy (non-hydrogen) atoms.